The number of likely N-dealkylation sites (tertiary alicyclic amines) is 1. The van der Waals surface area contributed by atoms with Gasteiger partial charge in [0, 0.05) is 29.3 Å². The van der Waals surface area contributed by atoms with Crippen LogP contribution in [0, 0.1) is 0 Å². The molecule has 0 bridgehead atoms. The summed E-state index contributed by atoms with van der Waals surface area (Å²) in [5.41, 5.74) is 0.627. The molecule has 0 aliphatic carbocycles. The Hall–Kier alpha value is -5.69. The Morgan fingerprint density at radius 1 is 0.889 bits per heavy atom. The second-order valence-electron chi connectivity index (χ2n) is 14.8. The van der Waals surface area contributed by atoms with Crippen molar-refractivity contribution in [1.29, 1.82) is 0 Å². The van der Waals surface area contributed by atoms with Crippen molar-refractivity contribution in [3.05, 3.63) is 102 Å². The smallest absolute Gasteiger partial charge is 0.408 e. The summed E-state index contributed by atoms with van der Waals surface area (Å²) in [6.07, 6.45) is 2.27. The minimum Gasteiger partial charge on any atom is -0.467 e. The maximum Gasteiger partial charge on any atom is 0.408 e. The molecule has 2 heterocycles. The maximum atomic E-state index is 14.2. The Balaban J connectivity index is 1.37. The van der Waals surface area contributed by atoms with E-state index in [1.54, 1.807) is 37.8 Å². The highest BCUT2D eigenvalue weighted by Gasteiger charge is 2.39. The van der Waals surface area contributed by atoms with Gasteiger partial charge in [0.15, 0.2) is 0 Å². The summed E-state index contributed by atoms with van der Waals surface area (Å²) in [6, 6.07) is 23.4. The SMILES string of the molecule is COC(=O)[C@@H]1CCCN1C(=O)C(c1ccccc1)n1ccc2cc(NC(=O)[C@@H](COCc3ccccc3)NC(=O)C(C)(C)NC(=O)OC(C)(C)C)ccc21. The van der Waals surface area contributed by atoms with Gasteiger partial charge in [0.2, 0.25) is 11.8 Å². The zero-order valence-corrected chi connectivity index (χ0v) is 31.6. The van der Waals surface area contributed by atoms with Crippen molar-refractivity contribution in [2.75, 3.05) is 25.6 Å². The molecular formula is C41H49N5O8. The number of fused-ring (bicyclic) bond motifs is 1. The van der Waals surface area contributed by atoms with Gasteiger partial charge < -0.3 is 39.6 Å². The van der Waals surface area contributed by atoms with E-state index in [1.807, 2.05) is 83.6 Å². The molecule has 0 saturated carbocycles. The van der Waals surface area contributed by atoms with Crippen molar-refractivity contribution >= 4 is 46.4 Å². The molecule has 13 heteroatoms. The van der Waals surface area contributed by atoms with E-state index >= 15 is 0 Å². The standard InChI is InChI=1S/C41H49N5O8/c1-40(2,3)54-39(51)44-41(4,5)38(50)43-31(26-53-25-27-14-9-7-10-15-27)35(47)42-30-19-20-32-29(24-30)21-23-45(32)34(28-16-11-8-12-17-28)36(48)46-22-13-18-33(46)37(49)52-6/h7-12,14-17,19-21,23-24,31,33-34H,13,18,22,25-26H2,1-6H3,(H,42,47)(H,43,50)(H,44,51)/t31-,33+,34?/m1/s1. The lowest BCUT2D eigenvalue weighted by molar-refractivity contribution is -0.151. The number of hydrogen-bond donors (Lipinski definition) is 3. The Bertz CT molecular complexity index is 1950. The Kier molecular flexibility index (Phi) is 12.4. The number of aromatic nitrogens is 1. The van der Waals surface area contributed by atoms with Gasteiger partial charge in [0.1, 0.15) is 29.3 Å². The fourth-order valence-corrected chi connectivity index (χ4v) is 6.33. The van der Waals surface area contributed by atoms with Crippen molar-refractivity contribution in [3.63, 3.8) is 0 Å². The molecule has 5 rings (SSSR count). The number of ether oxygens (including phenoxy) is 3. The number of carbonyl (C=O) groups is 5. The Morgan fingerprint density at radius 2 is 1.57 bits per heavy atom. The summed E-state index contributed by atoms with van der Waals surface area (Å²) in [7, 11) is 1.33. The van der Waals surface area contributed by atoms with E-state index in [4.69, 9.17) is 14.2 Å². The third-order valence-electron chi connectivity index (χ3n) is 9.02. The van der Waals surface area contributed by atoms with Crippen LogP contribution in [0.1, 0.15) is 64.6 Å². The number of hydrogen-bond acceptors (Lipinski definition) is 8. The van der Waals surface area contributed by atoms with Gasteiger partial charge in [-0.1, -0.05) is 60.7 Å². The van der Waals surface area contributed by atoms with Gasteiger partial charge in [0.25, 0.3) is 5.91 Å². The Morgan fingerprint density at radius 3 is 2.24 bits per heavy atom. The predicted molar refractivity (Wildman–Crippen MR) is 203 cm³/mol. The van der Waals surface area contributed by atoms with Gasteiger partial charge >= 0.3 is 12.1 Å². The molecule has 0 spiro atoms. The number of benzene rings is 3. The quantitative estimate of drug-likeness (QED) is 0.155. The third kappa shape index (κ3) is 9.84. The monoisotopic (exact) mass is 739 g/mol. The van der Waals surface area contributed by atoms with Crippen LogP contribution in [0.15, 0.2) is 91.1 Å². The molecule has 286 valence electrons. The van der Waals surface area contributed by atoms with Crippen LogP contribution in [-0.2, 0) is 40.0 Å². The summed E-state index contributed by atoms with van der Waals surface area (Å²) in [5.74, 6) is -1.81. The molecule has 3 atom stereocenters. The van der Waals surface area contributed by atoms with E-state index in [0.717, 1.165) is 22.0 Å². The highest BCUT2D eigenvalue weighted by molar-refractivity contribution is 6.00. The van der Waals surface area contributed by atoms with Crippen molar-refractivity contribution in [2.24, 2.45) is 0 Å². The van der Waals surface area contributed by atoms with Gasteiger partial charge in [-0.2, -0.15) is 0 Å². The van der Waals surface area contributed by atoms with Gasteiger partial charge in [0.05, 0.1) is 20.3 Å². The highest BCUT2D eigenvalue weighted by atomic mass is 16.6. The zero-order chi connectivity index (χ0) is 39.0. The van der Waals surface area contributed by atoms with Crippen molar-refractivity contribution in [2.45, 2.75) is 83.3 Å². The topological polar surface area (TPSA) is 157 Å². The van der Waals surface area contributed by atoms with Crippen LogP contribution in [0.4, 0.5) is 10.5 Å². The van der Waals surface area contributed by atoms with E-state index in [9.17, 15) is 24.0 Å². The van der Waals surface area contributed by atoms with E-state index < -0.39 is 53.1 Å². The molecule has 1 fully saturated rings. The first-order valence-corrected chi connectivity index (χ1v) is 18.0. The summed E-state index contributed by atoms with van der Waals surface area (Å²) in [5, 5.41) is 8.94. The zero-order valence-electron chi connectivity index (χ0n) is 31.6. The van der Waals surface area contributed by atoms with Crippen molar-refractivity contribution < 1.29 is 38.2 Å². The minimum absolute atomic E-state index is 0.155. The fourth-order valence-electron chi connectivity index (χ4n) is 6.33. The van der Waals surface area contributed by atoms with Gasteiger partial charge in [-0.05, 0) is 82.9 Å². The first-order chi connectivity index (χ1) is 25.7. The molecule has 0 radical (unpaired) electrons. The summed E-state index contributed by atoms with van der Waals surface area (Å²) in [4.78, 5) is 68.2. The second-order valence-corrected chi connectivity index (χ2v) is 14.8. The highest BCUT2D eigenvalue weighted by Crippen LogP contribution is 2.31. The molecular weight excluding hydrogens is 690 g/mol. The number of nitrogens with one attached hydrogen (secondary N) is 3. The van der Waals surface area contributed by atoms with Crippen molar-refractivity contribution in [3.8, 4) is 0 Å². The van der Waals surface area contributed by atoms with Crippen LogP contribution < -0.4 is 16.0 Å². The fraction of sp³-hybridized carbons (Fsp3) is 0.390. The van der Waals surface area contributed by atoms with Crippen LogP contribution in [-0.4, -0.2) is 82.7 Å². The number of esters is 1. The van der Waals surface area contributed by atoms with Gasteiger partial charge in [-0.25, -0.2) is 9.59 Å². The molecule has 3 aromatic carbocycles. The molecule has 54 heavy (non-hydrogen) atoms. The number of methoxy groups -OCH3 is 1. The van der Waals surface area contributed by atoms with Gasteiger partial charge in [-0.3, -0.25) is 14.4 Å². The number of rotatable bonds is 13. The number of carbonyl (C=O) groups excluding carboxylic acids is 5. The lowest BCUT2D eigenvalue weighted by Crippen LogP contribution is -2.59. The lowest BCUT2D eigenvalue weighted by Gasteiger charge is -2.29. The van der Waals surface area contributed by atoms with Crippen LogP contribution in [0.3, 0.4) is 0 Å². The van der Waals surface area contributed by atoms with E-state index in [2.05, 4.69) is 16.0 Å². The van der Waals surface area contributed by atoms with E-state index in [0.29, 0.717) is 25.1 Å². The molecule has 1 aliphatic heterocycles. The van der Waals surface area contributed by atoms with Crippen LogP contribution in [0.5, 0.6) is 0 Å². The minimum atomic E-state index is -1.43. The first kappa shape index (κ1) is 39.5. The number of alkyl carbamates (subject to hydrolysis) is 1. The molecule has 1 unspecified atom stereocenters. The van der Waals surface area contributed by atoms with Crippen LogP contribution >= 0.6 is 0 Å². The van der Waals surface area contributed by atoms with E-state index in [-0.39, 0.29) is 19.1 Å². The summed E-state index contributed by atoms with van der Waals surface area (Å²) < 4.78 is 18.1. The number of amides is 4. The molecule has 13 nitrogen and oxygen atoms in total. The molecule has 1 aromatic heterocycles. The van der Waals surface area contributed by atoms with Crippen molar-refractivity contribution in [1.82, 2.24) is 20.1 Å². The van der Waals surface area contributed by atoms with Crippen LogP contribution in [0.2, 0.25) is 0 Å². The predicted octanol–water partition coefficient (Wildman–Crippen LogP) is 5.34. The third-order valence-corrected chi connectivity index (χ3v) is 9.02. The normalized spacial score (nSPS) is 15.6. The van der Waals surface area contributed by atoms with E-state index in [1.165, 1.54) is 21.0 Å². The number of anilines is 1. The van der Waals surface area contributed by atoms with Gasteiger partial charge in [-0.15, -0.1) is 0 Å². The Labute approximate surface area is 315 Å². The maximum absolute atomic E-state index is 14.2. The van der Waals surface area contributed by atoms with Crippen LogP contribution in [0.25, 0.3) is 10.9 Å². The lowest BCUT2D eigenvalue weighted by atomic mass is 10.0. The first-order valence-electron chi connectivity index (χ1n) is 18.0. The average molecular weight is 740 g/mol. The molecule has 3 N–H and O–H groups in total. The molecule has 1 aliphatic rings. The molecule has 1 saturated heterocycles. The average Bonchev–Trinajstić information content (AvgIpc) is 3.78. The summed E-state index contributed by atoms with van der Waals surface area (Å²) >= 11 is 0. The summed E-state index contributed by atoms with van der Waals surface area (Å²) in [6.45, 7) is 8.67. The molecule has 4 aromatic rings. The molecule has 4 amide bonds. The number of nitrogens with zero attached hydrogens (tertiary/aromatic N) is 2. The largest absolute Gasteiger partial charge is 0.467 e. The second kappa shape index (κ2) is 17.0.